The summed E-state index contributed by atoms with van der Waals surface area (Å²) in [5.74, 6) is 0. The first-order valence-corrected chi connectivity index (χ1v) is 3.75. The highest BCUT2D eigenvalue weighted by Crippen LogP contribution is 2.09. The van der Waals surface area contributed by atoms with Crippen molar-refractivity contribution >= 4 is 0 Å². The lowest BCUT2D eigenvalue weighted by Gasteiger charge is -1.99. The largest absolute Gasteiger partial charge is 0.504 e. The number of methoxy groups -OCH3 is 1. The number of hydrogen-bond donors (Lipinski definition) is 0. The summed E-state index contributed by atoms with van der Waals surface area (Å²) in [5.41, 5.74) is 2.35. The molecule has 0 radical (unpaired) electrons. The van der Waals surface area contributed by atoms with E-state index in [9.17, 15) is 0 Å². The van der Waals surface area contributed by atoms with E-state index in [1.807, 2.05) is 26.8 Å². The van der Waals surface area contributed by atoms with Gasteiger partial charge >= 0.3 is 0 Å². The minimum atomic E-state index is 1.15. The molecule has 0 spiro atoms. The van der Waals surface area contributed by atoms with Crippen LogP contribution in [0.1, 0.15) is 20.8 Å². The van der Waals surface area contributed by atoms with Gasteiger partial charge in [0, 0.05) is 0 Å². The predicted molar refractivity (Wildman–Crippen MR) is 49.3 cm³/mol. The van der Waals surface area contributed by atoms with Crippen molar-refractivity contribution in [3.05, 3.63) is 35.6 Å². The third-order valence-corrected chi connectivity index (χ3v) is 1.41. The number of rotatable bonds is 3. The van der Waals surface area contributed by atoms with E-state index in [0.29, 0.717) is 0 Å². The zero-order chi connectivity index (χ0) is 8.69. The van der Waals surface area contributed by atoms with Crippen molar-refractivity contribution in [3.8, 4) is 0 Å². The van der Waals surface area contributed by atoms with Gasteiger partial charge in [-0.15, -0.1) is 0 Å². The van der Waals surface area contributed by atoms with Crippen LogP contribution in [0.25, 0.3) is 0 Å². The maximum absolute atomic E-state index is 4.90. The molecule has 0 N–H and O–H groups in total. The Balaban J connectivity index is 4.40. The first-order chi connectivity index (χ1) is 5.26. The Bertz CT molecular complexity index is 185. The van der Waals surface area contributed by atoms with Crippen molar-refractivity contribution in [3.63, 3.8) is 0 Å². The lowest BCUT2D eigenvalue weighted by Crippen LogP contribution is -1.81. The molecular formula is C10H16O. The van der Waals surface area contributed by atoms with Gasteiger partial charge in [-0.2, -0.15) is 0 Å². The predicted octanol–water partition coefficient (Wildman–Crippen LogP) is 3.06. The van der Waals surface area contributed by atoms with E-state index in [2.05, 4.69) is 12.2 Å². The highest BCUT2D eigenvalue weighted by molar-refractivity contribution is 5.36. The Kier molecular flexibility index (Phi) is 5.26. The molecule has 0 saturated heterocycles. The van der Waals surface area contributed by atoms with Crippen molar-refractivity contribution in [1.29, 1.82) is 0 Å². The highest BCUT2D eigenvalue weighted by atomic mass is 16.5. The minimum Gasteiger partial charge on any atom is -0.504 e. The Labute approximate surface area is 69.1 Å². The normalized spacial score (nSPS) is 14.2. The molecule has 0 aromatic heterocycles. The standard InChI is InChI=1S/C10H16O/c1-5-7-10(6-2)9(3)8-11-4/h5-8H,1-4H3/b7-5-,9-8-,10-6+. The molecule has 1 heteroatoms. The van der Waals surface area contributed by atoms with Crippen LogP contribution in [0.2, 0.25) is 0 Å². The van der Waals surface area contributed by atoms with Crippen LogP contribution in [0.3, 0.4) is 0 Å². The highest BCUT2D eigenvalue weighted by Gasteiger charge is 1.91. The fourth-order valence-electron chi connectivity index (χ4n) is 0.880. The monoisotopic (exact) mass is 152 g/mol. The topological polar surface area (TPSA) is 9.23 Å². The van der Waals surface area contributed by atoms with Crippen LogP contribution >= 0.6 is 0 Å². The fraction of sp³-hybridized carbons (Fsp3) is 0.400. The molecule has 0 aromatic carbocycles. The maximum Gasteiger partial charge on any atom is 0.0859 e. The minimum absolute atomic E-state index is 1.15. The van der Waals surface area contributed by atoms with Gasteiger partial charge in [-0.1, -0.05) is 18.2 Å². The van der Waals surface area contributed by atoms with Gasteiger partial charge in [-0.05, 0) is 31.9 Å². The average molecular weight is 152 g/mol. The van der Waals surface area contributed by atoms with E-state index in [-0.39, 0.29) is 0 Å². The molecule has 0 aromatic rings. The lowest BCUT2D eigenvalue weighted by atomic mass is 10.1. The Morgan fingerprint density at radius 2 is 1.91 bits per heavy atom. The molecule has 11 heavy (non-hydrogen) atoms. The van der Waals surface area contributed by atoms with Crippen LogP contribution in [0.15, 0.2) is 35.6 Å². The molecule has 0 rings (SSSR count). The second-order valence-corrected chi connectivity index (χ2v) is 2.28. The van der Waals surface area contributed by atoms with E-state index in [4.69, 9.17) is 4.74 Å². The summed E-state index contributed by atoms with van der Waals surface area (Å²) < 4.78 is 4.90. The van der Waals surface area contributed by atoms with E-state index in [1.165, 1.54) is 5.57 Å². The molecule has 0 fully saturated rings. The van der Waals surface area contributed by atoms with Gasteiger partial charge in [0.1, 0.15) is 0 Å². The Hall–Kier alpha value is -0.980. The van der Waals surface area contributed by atoms with E-state index < -0.39 is 0 Å². The first kappa shape index (κ1) is 10.0. The van der Waals surface area contributed by atoms with E-state index in [0.717, 1.165) is 5.57 Å². The summed E-state index contributed by atoms with van der Waals surface area (Å²) in [4.78, 5) is 0. The van der Waals surface area contributed by atoms with Gasteiger partial charge in [0.25, 0.3) is 0 Å². The average Bonchev–Trinajstić information content (AvgIpc) is 2.00. The third kappa shape index (κ3) is 3.66. The molecule has 0 bridgehead atoms. The molecule has 0 amide bonds. The summed E-state index contributed by atoms with van der Waals surface area (Å²) in [6.07, 6.45) is 7.88. The fourth-order valence-corrected chi connectivity index (χ4v) is 0.880. The van der Waals surface area contributed by atoms with Crippen LogP contribution in [0.4, 0.5) is 0 Å². The molecule has 0 heterocycles. The van der Waals surface area contributed by atoms with Crippen LogP contribution in [0.5, 0.6) is 0 Å². The molecule has 62 valence electrons. The van der Waals surface area contributed by atoms with Gasteiger partial charge in [0.15, 0.2) is 0 Å². The van der Waals surface area contributed by atoms with Crippen LogP contribution in [-0.4, -0.2) is 7.11 Å². The van der Waals surface area contributed by atoms with Crippen LogP contribution < -0.4 is 0 Å². The zero-order valence-corrected chi connectivity index (χ0v) is 7.72. The molecule has 0 atom stereocenters. The maximum atomic E-state index is 4.90. The second-order valence-electron chi connectivity index (χ2n) is 2.28. The van der Waals surface area contributed by atoms with Gasteiger partial charge in [-0.3, -0.25) is 0 Å². The lowest BCUT2D eigenvalue weighted by molar-refractivity contribution is 0.335. The number of hydrogen-bond acceptors (Lipinski definition) is 1. The van der Waals surface area contributed by atoms with Crippen molar-refractivity contribution in [2.45, 2.75) is 20.8 Å². The van der Waals surface area contributed by atoms with E-state index >= 15 is 0 Å². The van der Waals surface area contributed by atoms with Crippen LogP contribution in [0, 0.1) is 0 Å². The molecule has 0 saturated carbocycles. The second kappa shape index (κ2) is 5.78. The molecule has 1 nitrogen and oxygen atoms in total. The molecule has 0 aliphatic heterocycles. The van der Waals surface area contributed by atoms with Gasteiger partial charge in [0.2, 0.25) is 0 Å². The first-order valence-electron chi connectivity index (χ1n) is 3.75. The molecule has 0 unspecified atom stereocenters. The van der Waals surface area contributed by atoms with Gasteiger partial charge in [0.05, 0.1) is 13.4 Å². The van der Waals surface area contributed by atoms with Gasteiger partial charge in [-0.25, -0.2) is 0 Å². The zero-order valence-electron chi connectivity index (χ0n) is 7.72. The summed E-state index contributed by atoms with van der Waals surface area (Å²) in [5, 5.41) is 0. The van der Waals surface area contributed by atoms with Crippen molar-refractivity contribution in [2.24, 2.45) is 0 Å². The SMILES string of the molecule is C\C=C/C(=C\C)C(/C)=C\OC. The van der Waals surface area contributed by atoms with Crippen molar-refractivity contribution in [1.82, 2.24) is 0 Å². The molecule has 0 aliphatic carbocycles. The van der Waals surface area contributed by atoms with Crippen molar-refractivity contribution < 1.29 is 4.74 Å². The van der Waals surface area contributed by atoms with Gasteiger partial charge < -0.3 is 4.74 Å². The summed E-state index contributed by atoms with van der Waals surface area (Å²) in [6, 6.07) is 0. The third-order valence-electron chi connectivity index (χ3n) is 1.41. The molecule has 0 aliphatic rings. The van der Waals surface area contributed by atoms with Crippen LogP contribution in [-0.2, 0) is 4.74 Å². The number of ether oxygens (including phenoxy) is 1. The Morgan fingerprint density at radius 3 is 2.27 bits per heavy atom. The summed E-state index contributed by atoms with van der Waals surface area (Å²) in [6.45, 7) is 6.05. The number of allylic oxidation sites excluding steroid dienone is 5. The summed E-state index contributed by atoms with van der Waals surface area (Å²) in [7, 11) is 1.66. The molecular weight excluding hydrogens is 136 g/mol. The quantitative estimate of drug-likeness (QED) is 0.446. The summed E-state index contributed by atoms with van der Waals surface area (Å²) >= 11 is 0. The van der Waals surface area contributed by atoms with Crippen molar-refractivity contribution in [2.75, 3.05) is 7.11 Å². The van der Waals surface area contributed by atoms with E-state index in [1.54, 1.807) is 13.4 Å². The smallest absolute Gasteiger partial charge is 0.0859 e. The Morgan fingerprint density at radius 1 is 1.27 bits per heavy atom.